The average molecular weight is 465 g/mol. The molecule has 32 heavy (non-hydrogen) atoms. The Morgan fingerprint density at radius 2 is 1.84 bits per heavy atom. The fraction of sp³-hybridized carbons (Fsp3) is 0.130. The number of para-hydroxylation sites is 1. The number of benzene rings is 2. The first-order valence-electron chi connectivity index (χ1n) is 9.88. The number of thioether (sulfide) groups is 1. The van der Waals surface area contributed by atoms with E-state index in [1.54, 1.807) is 59.9 Å². The van der Waals surface area contributed by atoms with Gasteiger partial charge in [0.05, 0.1) is 33.8 Å². The molecule has 2 N–H and O–H groups in total. The minimum atomic E-state index is -0.311. The molecule has 0 atom stereocenters. The third-order valence-corrected chi connectivity index (χ3v) is 6.45. The number of hydrogen-bond acceptors (Lipinski definition) is 7. The summed E-state index contributed by atoms with van der Waals surface area (Å²) < 4.78 is 6.38. The largest absolute Gasteiger partial charge is 0.494 e. The van der Waals surface area contributed by atoms with E-state index in [4.69, 9.17) is 4.74 Å². The van der Waals surface area contributed by atoms with Crippen molar-refractivity contribution >= 4 is 56.5 Å². The summed E-state index contributed by atoms with van der Waals surface area (Å²) >= 11 is 2.88. The molecule has 0 saturated carbocycles. The maximum Gasteiger partial charge on any atom is 0.257 e. The minimum absolute atomic E-state index is 0.166. The summed E-state index contributed by atoms with van der Waals surface area (Å²) in [5, 5.41) is 8.40. The molecule has 9 heteroatoms. The van der Waals surface area contributed by atoms with Crippen LogP contribution in [0.15, 0.2) is 71.3 Å². The SMILES string of the molecule is CCOc1ccc(NC(=O)c2ccccc2NC(=O)CSc2ncnc3ccsc23)cc1. The molecule has 0 fully saturated rings. The van der Waals surface area contributed by atoms with Crippen LogP contribution in [-0.4, -0.2) is 34.1 Å². The third-order valence-electron chi connectivity index (χ3n) is 4.42. The van der Waals surface area contributed by atoms with Crippen LogP contribution in [0.3, 0.4) is 0 Å². The second-order valence-corrected chi connectivity index (χ2v) is 8.49. The van der Waals surface area contributed by atoms with Gasteiger partial charge in [-0.25, -0.2) is 9.97 Å². The molecule has 0 spiro atoms. The first-order valence-corrected chi connectivity index (χ1v) is 11.7. The predicted molar refractivity (Wildman–Crippen MR) is 129 cm³/mol. The first-order chi connectivity index (χ1) is 15.6. The molecule has 0 aliphatic heterocycles. The number of carbonyl (C=O) groups is 2. The lowest BCUT2D eigenvalue weighted by Gasteiger charge is -2.12. The minimum Gasteiger partial charge on any atom is -0.494 e. The quantitative estimate of drug-likeness (QED) is 0.279. The van der Waals surface area contributed by atoms with Crippen molar-refractivity contribution < 1.29 is 14.3 Å². The maximum absolute atomic E-state index is 12.8. The van der Waals surface area contributed by atoms with Gasteiger partial charge in [0.15, 0.2) is 0 Å². The van der Waals surface area contributed by atoms with Crippen molar-refractivity contribution in [1.29, 1.82) is 0 Å². The van der Waals surface area contributed by atoms with Crippen molar-refractivity contribution in [3.63, 3.8) is 0 Å². The number of aromatic nitrogens is 2. The van der Waals surface area contributed by atoms with Crippen LogP contribution in [0.5, 0.6) is 5.75 Å². The maximum atomic E-state index is 12.8. The van der Waals surface area contributed by atoms with Gasteiger partial charge >= 0.3 is 0 Å². The van der Waals surface area contributed by atoms with Crippen LogP contribution in [0, 0.1) is 0 Å². The molecule has 4 rings (SSSR count). The van der Waals surface area contributed by atoms with Crippen molar-refractivity contribution in [2.45, 2.75) is 11.9 Å². The summed E-state index contributed by atoms with van der Waals surface area (Å²) in [5.74, 6) is 0.367. The zero-order chi connectivity index (χ0) is 22.3. The lowest BCUT2D eigenvalue weighted by atomic mass is 10.1. The van der Waals surface area contributed by atoms with E-state index in [0.717, 1.165) is 21.0 Å². The van der Waals surface area contributed by atoms with E-state index in [0.29, 0.717) is 23.5 Å². The lowest BCUT2D eigenvalue weighted by molar-refractivity contribution is -0.113. The van der Waals surface area contributed by atoms with Crippen molar-refractivity contribution in [1.82, 2.24) is 9.97 Å². The summed E-state index contributed by atoms with van der Waals surface area (Å²) in [5.41, 5.74) is 2.33. The van der Waals surface area contributed by atoms with Crippen LogP contribution in [0.4, 0.5) is 11.4 Å². The molecule has 0 unspecified atom stereocenters. The smallest absolute Gasteiger partial charge is 0.257 e. The highest BCUT2D eigenvalue weighted by Gasteiger charge is 2.15. The lowest BCUT2D eigenvalue weighted by Crippen LogP contribution is -2.19. The van der Waals surface area contributed by atoms with Crippen LogP contribution in [-0.2, 0) is 4.79 Å². The summed E-state index contributed by atoms with van der Waals surface area (Å²) in [6.07, 6.45) is 1.50. The Kier molecular flexibility index (Phi) is 6.98. The second kappa shape index (κ2) is 10.3. The number of rotatable bonds is 8. The Morgan fingerprint density at radius 3 is 2.66 bits per heavy atom. The Morgan fingerprint density at radius 1 is 1.03 bits per heavy atom. The number of nitrogens with zero attached hydrogens (tertiary/aromatic N) is 2. The van der Waals surface area contributed by atoms with E-state index in [2.05, 4.69) is 20.6 Å². The van der Waals surface area contributed by atoms with Gasteiger partial charge in [0.1, 0.15) is 17.1 Å². The summed E-state index contributed by atoms with van der Waals surface area (Å²) in [4.78, 5) is 33.9. The van der Waals surface area contributed by atoms with Crippen molar-refractivity contribution in [2.24, 2.45) is 0 Å². The van der Waals surface area contributed by atoms with Gasteiger partial charge in [-0.1, -0.05) is 23.9 Å². The van der Waals surface area contributed by atoms with Crippen molar-refractivity contribution in [3.05, 3.63) is 71.9 Å². The standard InChI is InChI=1S/C23H20N4O3S2/c1-2-30-16-9-7-15(8-10-16)26-22(29)17-5-3-4-6-18(17)27-20(28)13-32-23-21-19(11-12-31-21)24-14-25-23/h3-12,14H,2,13H2,1H3,(H,26,29)(H,27,28). The first kappa shape index (κ1) is 21.8. The number of thiophene rings is 1. The molecule has 162 valence electrons. The number of carbonyl (C=O) groups excluding carboxylic acids is 2. The van der Waals surface area contributed by atoms with E-state index in [9.17, 15) is 9.59 Å². The molecule has 2 aromatic heterocycles. The molecular weight excluding hydrogens is 444 g/mol. The fourth-order valence-corrected chi connectivity index (χ4v) is 4.73. The number of ether oxygens (including phenoxy) is 1. The van der Waals surface area contributed by atoms with Crippen LogP contribution < -0.4 is 15.4 Å². The van der Waals surface area contributed by atoms with Gasteiger partial charge in [-0.05, 0) is 54.8 Å². The van der Waals surface area contributed by atoms with Gasteiger partial charge in [0, 0.05) is 5.69 Å². The zero-order valence-electron chi connectivity index (χ0n) is 17.2. The second-order valence-electron chi connectivity index (χ2n) is 6.61. The van der Waals surface area contributed by atoms with Gasteiger partial charge in [-0.15, -0.1) is 11.3 Å². The summed E-state index contributed by atoms with van der Waals surface area (Å²) in [6.45, 7) is 2.49. The Hall–Kier alpha value is -3.43. The van der Waals surface area contributed by atoms with E-state index in [-0.39, 0.29) is 17.6 Å². The van der Waals surface area contributed by atoms with Crippen LogP contribution in [0.25, 0.3) is 10.2 Å². The Balaban J connectivity index is 1.40. The van der Waals surface area contributed by atoms with Crippen LogP contribution in [0.1, 0.15) is 17.3 Å². The predicted octanol–water partition coefficient (Wildman–Crippen LogP) is 5.07. The molecule has 4 aromatic rings. The van der Waals surface area contributed by atoms with Gasteiger partial charge < -0.3 is 15.4 Å². The average Bonchev–Trinajstić information content (AvgIpc) is 3.29. The van der Waals surface area contributed by atoms with E-state index < -0.39 is 0 Å². The Bertz CT molecular complexity index is 1240. The fourth-order valence-electron chi connectivity index (χ4n) is 2.98. The monoisotopic (exact) mass is 464 g/mol. The molecule has 2 amide bonds. The normalized spacial score (nSPS) is 10.7. The Labute approximate surface area is 193 Å². The number of nitrogens with one attached hydrogen (secondary N) is 2. The molecule has 2 heterocycles. The topological polar surface area (TPSA) is 93.2 Å². The third kappa shape index (κ3) is 5.24. The number of fused-ring (bicyclic) bond motifs is 1. The van der Waals surface area contributed by atoms with Crippen LogP contribution >= 0.6 is 23.1 Å². The molecule has 0 saturated heterocycles. The van der Waals surface area contributed by atoms with Gasteiger partial charge in [-0.3, -0.25) is 9.59 Å². The molecular formula is C23H20N4O3S2. The highest BCUT2D eigenvalue weighted by Crippen LogP contribution is 2.29. The summed E-state index contributed by atoms with van der Waals surface area (Å²) in [7, 11) is 0. The van der Waals surface area contributed by atoms with E-state index in [1.165, 1.54) is 18.1 Å². The van der Waals surface area contributed by atoms with Crippen molar-refractivity contribution in [2.75, 3.05) is 23.0 Å². The van der Waals surface area contributed by atoms with Gasteiger partial charge in [0.25, 0.3) is 5.91 Å². The molecule has 0 bridgehead atoms. The van der Waals surface area contributed by atoms with Crippen LogP contribution in [0.2, 0.25) is 0 Å². The van der Waals surface area contributed by atoms with Crippen molar-refractivity contribution in [3.8, 4) is 5.75 Å². The van der Waals surface area contributed by atoms with E-state index in [1.807, 2.05) is 18.4 Å². The summed E-state index contributed by atoms with van der Waals surface area (Å²) in [6, 6.07) is 16.0. The number of anilines is 2. The number of hydrogen-bond donors (Lipinski definition) is 2. The highest BCUT2D eigenvalue weighted by atomic mass is 32.2. The zero-order valence-corrected chi connectivity index (χ0v) is 18.8. The molecule has 0 aliphatic carbocycles. The molecule has 7 nitrogen and oxygen atoms in total. The highest BCUT2D eigenvalue weighted by molar-refractivity contribution is 8.00. The van der Waals surface area contributed by atoms with E-state index >= 15 is 0 Å². The van der Waals surface area contributed by atoms with Gasteiger partial charge in [-0.2, -0.15) is 0 Å². The molecule has 2 aromatic carbocycles. The van der Waals surface area contributed by atoms with Gasteiger partial charge in [0.2, 0.25) is 5.91 Å². The molecule has 0 radical (unpaired) electrons. The number of amides is 2. The molecule has 0 aliphatic rings.